The first kappa shape index (κ1) is 20.0. The molecule has 0 unspecified atom stereocenters. The smallest absolute Gasteiger partial charge is 0.271 e. The predicted molar refractivity (Wildman–Crippen MR) is 107 cm³/mol. The third-order valence-corrected chi connectivity index (χ3v) is 6.23. The van der Waals surface area contributed by atoms with E-state index in [0.29, 0.717) is 37.7 Å². The summed E-state index contributed by atoms with van der Waals surface area (Å²) in [5.41, 5.74) is 10.4. The van der Waals surface area contributed by atoms with Crippen LogP contribution < -0.4 is 11.2 Å². The maximum absolute atomic E-state index is 12.7. The molecule has 28 heavy (non-hydrogen) atoms. The van der Waals surface area contributed by atoms with Crippen molar-refractivity contribution in [3.05, 3.63) is 59.7 Å². The number of sulfonamides is 1. The average molecular weight is 402 g/mol. The first-order valence-electron chi connectivity index (χ1n) is 8.76. The fraction of sp³-hybridized carbons (Fsp3) is 0.263. The molecule has 1 aliphatic rings. The SMILES string of the molecule is C/C(=N\NC(=O)c1cccc(S(=O)(=O)N2CCOCC2)c1)c1cccc(N)c1. The van der Waals surface area contributed by atoms with Gasteiger partial charge in [-0.25, -0.2) is 13.8 Å². The van der Waals surface area contributed by atoms with E-state index in [4.69, 9.17) is 10.5 Å². The maximum Gasteiger partial charge on any atom is 0.271 e. The Balaban J connectivity index is 1.76. The summed E-state index contributed by atoms with van der Waals surface area (Å²) in [6.07, 6.45) is 0. The molecule has 2 aromatic rings. The van der Waals surface area contributed by atoms with Gasteiger partial charge in [-0.15, -0.1) is 0 Å². The van der Waals surface area contributed by atoms with Crippen molar-refractivity contribution < 1.29 is 17.9 Å². The van der Waals surface area contributed by atoms with Crippen LogP contribution in [0.3, 0.4) is 0 Å². The number of ether oxygens (including phenoxy) is 1. The molecular formula is C19H22N4O4S. The number of hydrazone groups is 1. The number of nitrogens with one attached hydrogen (secondary N) is 1. The van der Waals surface area contributed by atoms with E-state index in [1.807, 2.05) is 6.07 Å². The van der Waals surface area contributed by atoms with Crippen molar-refractivity contribution in [2.75, 3.05) is 32.0 Å². The number of morpholine rings is 1. The summed E-state index contributed by atoms with van der Waals surface area (Å²) >= 11 is 0. The highest BCUT2D eigenvalue weighted by Gasteiger charge is 2.26. The van der Waals surface area contributed by atoms with Crippen molar-refractivity contribution >= 4 is 27.3 Å². The number of hydrogen-bond donors (Lipinski definition) is 2. The lowest BCUT2D eigenvalue weighted by molar-refractivity contribution is 0.0730. The van der Waals surface area contributed by atoms with Crippen molar-refractivity contribution in [3.63, 3.8) is 0 Å². The van der Waals surface area contributed by atoms with Gasteiger partial charge < -0.3 is 10.5 Å². The number of benzene rings is 2. The minimum absolute atomic E-state index is 0.0681. The molecule has 0 aromatic heterocycles. The van der Waals surface area contributed by atoms with Crippen LogP contribution in [0.2, 0.25) is 0 Å². The van der Waals surface area contributed by atoms with E-state index in [1.165, 1.54) is 22.5 Å². The number of carbonyl (C=O) groups is 1. The van der Waals surface area contributed by atoms with Crippen molar-refractivity contribution in [2.24, 2.45) is 5.10 Å². The molecule has 1 saturated heterocycles. The minimum atomic E-state index is -3.67. The molecule has 148 valence electrons. The van der Waals surface area contributed by atoms with Crippen LogP contribution in [0.25, 0.3) is 0 Å². The third kappa shape index (κ3) is 4.56. The van der Waals surface area contributed by atoms with Gasteiger partial charge in [0.25, 0.3) is 5.91 Å². The van der Waals surface area contributed by atoms with Crippen LogP contribution in [0.1, 0.15) is 22.8 Å². The molecule has 9 heteroatoms. The van der Waals surface area contributed by atoms with Crippen LogP contribution >= 0.6 is 0 Å². The summed E-state index contributed by atoms with van der Waals surface area (Å²) in [5.74, 6) is -0.498. The molecule has 0 atom stereocenters. The van der Waals surface area contributed by atoms with E-state index in [9.17, 15) is 13.2 Å². The van der Waals surface area contributed by atoms with Gasteiger partial charge in [0.05, 0.1) is 23.8 Å². The molecule has 1 aliphatic heterocycles. The van der Waals surface area contributed by atoms with E-state index in [2.05, 4.69) is 10.5 Å². The quantitative estimate of drug-likeness (QED) is 0.446. The number of anilines is 1. The van der Waals surface area contributed by atoms with Gasteiger partial charge in [0.1, 0.15) is 0 Å². The second-order valence-corrected chi connectivity index (χ2v) is 8.25. The van der Waals surface area contributed by atoms with Gasteiger partial charge in [-0.05, 0) is 42.8 Å². The molecule has 3 N–H and O–H groups in total. The summed E-state index contributed by atoms with van der Waals surface area (Å²) < 4.78 is 32.0. The highest BCUT2D eigenvalue weighted by atomic mass is 32.2. The summed E-state index contributed by atoms with van der Waals surface area (Å²) in [4.78, 5) is 12.5. The van der Waals surface area contributed by atoms with Gasteiger partial charge in [0.2, 0.25) is 10.0 Å². The largest absolute Gasteiger partial charge is 0.399 e. The molecule has 1 fully saturated rings. The molecule has 3 rings (SSSR count). The monoisotopic (exact) mass is 402 g/mol. The summed E-state index contributed by atoms with van der Waals surface area (Å²) in [5, 5.41) is 4.08. The van der Waals surface area contributed by atoms with Gasteiger partial charge in [-0.3, -0.25) is 4.79 Å². The molecule has 0 saturated carbocycles. The van der Waals surface area contributed by atoms with Gasteiger partial charge in [0.15, 0.2) is 0 Å². The number of rotatable bonds is 5. The van der Waals surface area contributed by atoms with Crippen LogP contribution in [0.4, 0.5) is 5.69 Å². The zero-order valence-corrected chi connectivity index (χ0v) is 16.3. The van der Waals surface area contributed by atoms with Crippen molar-refractivity contribution in [1.29, 1.82) is 0 Å². The molecule has 0 spiro atoms. The molecule has 0 bridgehead atoms. The lowest BCUT2D eigenvalue weighted by atomic mass is 10.1. The Labute approximate surface area is 164 Å². The first-order chi connectivity index (χ1) is 13.4. The number of carbonyl (C=O) groups excluding carboxylic acids is 1. The number of nitrogen functional groups attached to an aromatic ring is 1. The van der Waals surface area contributed by atoms with E-state index in [-0.39, 0.29) is 10.5 Å². The maximum atomic E-state index is 12.7. The highest BCUT2D eigenvalue weighted by molar-refractivity contribution is 7.89. The standard InChI is InChI=1S/C19H22N4O4S/c1-14(15-4-2-6-17(20)12-15)21-22-19(24)16-5-3-7-18(13-16)28(25,26)23-8-10-27-11-9-23/h2-7,12-13H,8-11,20H2,1H3,(H,22,24)/b21-14+. The van der Waals surface area contributed by atoms with E-state index in [0.717, 1.165) is 5.56 Å². The van der Waals surface area contributed by atoms with Crippen LogP contribution in [0.15, 0.2) is 58.5 Å². The number of nitrogens with zero attached hydrogens (tertiary/aromatic N) is 2. The summed E-state index contributed by atoms with van der Waals surface area (Å²) in [7, 11) is -3.67. The average Bonchev–Trinajstić information content (AvgIpc) is 2.72. The van der Waals surface area contributed by atoms with E-state index < -0.39 is 15.9 Å². The highest BCUT2D eigenvalue weighted by Crippen LogP contribution is 2.18. The number of hydrogen-bond acceptors (Lipinski definition) is 6. The molecule has 1 amide bonds. The molecular weight excluding hydrogens is 380 g/mol. The van der Waals surface area contributed by atoms with Gasteiger partial charge in [0, 0.05) is 24.3 Å². The Morgan fingerprint density at radius 3 is 2.50 bits per heavy atom. The first-order valence-corrected chi connectivity index (χ1v) is 10.2. The fourth-order valence-corrected chi connectivity index (χ4v) is 4.22. The van der Waals surface area contributed by atoms with E-state index in [1.54, 1.807) is 31.2 Å². The Kier molecular flexibility index (Phi) is 6.08. The van der Waals surface area contributed by atoms with Gasteiger partial charge in [-0.2, -0.15) is 9.41 Å². The Hall–Kier alpha value is -2.75. The Morgan fingerprint density at radius 1 is 1.11 bits per heavy atom. The zero-order valence-electron chi connectivity index (χ0n) is 15.5. The molecule has 1 heterocycles. The second kappa shape index (κ2) is 8.51. The Morgan fingerprint density at radius 2 is 1.79 bits per heavy atom. The second-order valence-electron chi connectivity index (χ2n) is 6.31. The normalized spacial score (nSPS) is 16.0. The van der Waals surface area contributed by atoms with Crippen LogP contribution in [-0.2, 0) is 14.8 Å². The van der Waals surface area contributed by atoms with Crippen molar-refractivity contribution in [1.82, 2.24) is 9.73 Å². The number of amides is 1. The summed E-state index contributed by atoms with van der Waals surface area (Å²) in [6, 6.07) is 13.0. The van der Waals surface area contributed by atoms with E-state index >= 15 is 0 Å². The molecule has 8 nitrogen and oxygen atoms in total. The van der Waals surface area contributed by atoms with Gasteiger partial charge in [-0.1, -0.05) is 18.2 Å². The van der Waals surface area contributed by atoms with Crippen molar-refractivity contribution in [3.8, 4) is 0 Å². The Bertz CT molecular complexity index is 998. The van der Waals surface area contributed by atoms with Crippen LogP contribution in [0.5, 0.6) is 0 Å². The zero-order chi connectivity index (χ0) is 20.1. The fourth-order valence-electron chi connectivity index (χ4n) is 2.76. The third-order valence-electron chi connectivity index (χ3n) is 4.33. The number of nitrogens with two attached hydrogens (primary N) is 1. The molecule has 0 radical (unpaired) electrons. The van der Waals surface area contributed by atoms with Crippen LogP contribution in [-0.4, -0.2) is 50.6 Å². The molecule has 2 aromatic carbocycles. The van der Waals surface area contributed by atoms with Crippen molar-refractivity contribution in [2.45, 2.75) is 11.8 Å². The lowest BCUT2D eigenvalue weighted by Crippen LogP contribution is -2.40. The predicted octanol–water partition coefficient (Wildman–Crippen LogP) is 1.44. The topological polar surface area (TPSA) is 114 Å². The minimum Gasteiger partial charge on any atom is -0.399 e. The van der Waals surface area contributed by atoms with Crippen LogP contribution in [0, 0.1) is 0 Å². The molecule has 0 aliphatic carbocycles. The summed E-state index contributed by atoms with van der Waals surface area (Å²) in [6.45, 7) is 3.05. The lowest BCUT2D eigenvalue weighted by Gasteiger charge is -2.26. The van der Waals surface area contributed by atoms with Gasteiger partial charge >= 0.3 is 0 Å².